The molecule has 2 N–H and O–H groups in total. The topological polar surface area (TPSA) is 173 Å². The number of alkyl halides is 6. The summed E-state index contributed by atoms with van der Waals surface area (Å²) in [5, 5.41) is 37.5. The summed E-state index contributed by atoms with van der Waals surface area (Å²) >= 11 is 0. The predicted molar refractivity (Wildman–Crippen MR) is 217 cm³/mol. The molecule has 0 aromatic rings. The lowest BCUT2D eigenvalue weighted by atomic mass is 10.1. The molecule has 0 aromatic carbocycles. The average molecular weight is 899 g/mol. The van der Waals surface area contributed by atoms with E-state index in [9.17, 15) is 46.1 Å². The second-order valence-electron chi connectivity index (χ2n) is 16.7. The Hall–Kier alpha value is -2.70. The fourth-order valence-corrected chi connectivity index (χ4v) is 6.41. The van der Waals surface area contributed by atoms with Crippen LogP contribution in [0.3, 0.4) is 0 Å². The Labute approximate surface area is 361 Å². The number of carboxylic acid groups (broad SMARTS) is 2. The molecular formula is C43H80F6N2O10. The third-order valence-corrected chi connectivity index (χ3v) is 10.5. The zero-order chi connectivity index (χ0) is 47.4. The van der Waals surface area contributed by atoms with Crippen molar-refractivity contribution in [2.75, 3.05) is 67.7 Å². The molecule has 0 aliphatic heterocycles. The minimum absolute atomic E-state index is 0.223. The Morgan fingerprint density at radius 1 is 0.459 bits per heavy atom. The van der Waals surface area contributed by atoms with Crippen LogP contribution in [0.5, 0.6) is 0 Å². The van der Waals surface area contributed by atoms with Gasteiger partial charge in [0, 0.05) is 0 Å². The van der Waals surface area contributed by atoms with Gasteiger partial charge in [-0.25, -0.2) is 9.59 Å². The van der Waals surface area contributed by atoms with E-state index in [1.165, 1.54) is 103 Å². The summed E-state index contributed by atoms with van der Waals surface area (Å²) in [5.41, 5.74) is 0. The number of aliphatic carboxylic acids is 2. The van der Waals surface area contributed by atoms with Crippen molar-refractivity contribution < 1.29 is 84.4 Å². The Bertz CT molecular complexity index is 1040. The smallest absolute Gasteiger partial charge is 0.430 e. The van der Waals surface area contributed by atoms with Crippen molar-refractivity contribution in [1.82, 2.24) is 0 Å². The van der Waals surface area contributed by atoms with Crippen LogP contribution in [-0.2, 0) is 28.7 Å². The van der Waals surface area contributed by atoms with Crippen LogP contribution in [0, 0.1) is 0 Å². The molecule has 61 heavy (non-hydrogen) atoms. The molecule has 12 nitrogen and oxygen atoms in total. The SMILES string of the molecule is CCCCCCCCCCCC[N+](C)(C)[C@@H](CO)C(=O)OCCCCCOC(=O)[C@H](CO)[N+](C)(C)CCCCCCCCCCCC.O=C([O-])C(F)(F)F.O=C([O-])C(F)(F)F. The summed E-state index contributed by atoms with van der Waals surface area (Å²) in [7, 11) is 8.00. The van der Waals surface area contributed by atoms with Gasteiger partial charge in [-0.1, -0.05) is 117 Å². The van der Waals surface area contributed by atoms with E-state index < -0.39 is 36.4 Å². The molecule has 0 aromatic heterocycles. The summed E-state index contributed by atoms with van der Waals surface area (Å²) in [4.78, 5) is 43.1. The van der Waals surface area contributed by atoms with Crippen molar-refractivity contribution in [2.24, 2.45) is 0 Å². The molecule has 0 fully saturated rings. The fraction of sp³-hybridized carbons (Fsp3) is 0.907. The number of hydrogen-bond acceptors (Lipinski definition) is 10. The summed E-state index contributed by atoms with van der Waals surface area (Å²) in [5.74, 6) is -6.70. The molecule has 0 radical (unpaired) electrons. The van der Waals surface area contributed by atoms with Gasteiger partial charge in [-0.15, -0.1) is 0 Å². The summed E-state index contributed by atoms with van der Waals surface area (Å²) in [6.07, 6.45) is 17.2. The third kappa shape index (κ3) is 36.5. The van der Waals surface area contributed by atoms with Gasteiger partial charge >= 0.3 is 24.3 Å². The van der Waals surface area contributed by atoms with Gasteiger partial charge in [0.15, 0.2) is 0 Å². The minimum Gasteiger partial charge on any atom is -0.542 e. The van der Waals surface area contributed by atoms with Crippen LogP contribution in [-0.4, -0.2) is 135 Å². The molecule has 2 atom stereocenters. The number of halogens is 6. The molecule has 0 bridgehead atoms. The van der Waals surface area contributed by atoms with Gasteiger partial charge in [-0.05, 0) is 44.9 Å². The van der Waals surface area contributed by atoms with E-state index in [2.05, 4.69) is 13.8 Å². The molecule has 0 aliphatic carbocycles. The molecule has 0 amide bonds. The molecule has 0 saturated heterocycles. The number of rotatable bonds is 34. The van der Waals surface area contributed by atoms with Gasteiger partial charge in [0.05, 0.1) is 54.5 Å². The molecule has 18 heteroatoms. The lowest BCUT2D eigenvalue weighted by molar-refractivity contribution is -0.907. The van der Waals surface area contributed by atoms with E-state index in [1.54, 1.807) is 0 Å². The van der Waals surface area contributed by atoms with E-state index in [1.807, 2.05) is 28.2 Å². The minimum atomic E-state index is -5.19. The average Bonchev–Trinajstić information content (AvgIpc) is 3.16. The zero-order valence-electron chi connectivity index (χ0n) is 38.0. The Morgan fingerprint density at radius 2 is 0.672 bits per heavy atom. The molecule has 0 rings (SSSR count). The maximum atomic E-state index is 12.8. The number of ether oxygens (including phenoxy) is 2. The summed E-state index contributed by atoms with van der Waals surface area (Å²) in [6, 6.07) is -1.15. The molecule has 364 valence electrons. The van der Waals surface area contributed by atoms with Crippen LogP contribution in [0.15, 0.2) is 0 Å². The van der Waals surface area contributed by atoms with Gasteiger partial charge in [-0.3, -0.25) is 0 Å². The van der Waals surface area contributed by atoms with Gasteiger partial charge < -0.3 is 48.5 Å². The standard InChI is InChI=1S/C39H80N2O6.2C2HF3O2/c1-7-9-11-13-15-17-19-21-23-26-30-40(3,4)36(34-42)38(44)46-32-28-25-29-33-47-39(45)37(35-43)41(5,6)31-27-24-22-20-18-16-14-12-10-8-2;2*3-2(4,5)1(6)7/h36-37,42-43H,7-35H2,1-6H3;2*(H,6,7)/q+2;;/p-2/t36-,37-;;/m0../s1. The predicted octanol–water partition coefficient (Wildman–Crippen LogP) is 6.56. The number of aliphatic hydroxyl groups is 2. The number of unbranched alkanes of at least 4 members (excludes halogenated alkanes) is 20. The highest BCUT2D eigenvalue weighted by atomic mass is 19.4. The van der Waals surface area contributed by atoms with Crippen LogP contribution >= 0.6 is 0 Å². The Kier molecular flexibility index (Phi) is 37.7. The van der Waals surface area contributed by atoms with E-state index in [0.29, 0.717) is 35.0 Å². The number of carboxylic acids is 2. The van der Waals surface area contributed by atoms with Crippen LogP contribution in [0.25, 0.3) is 0 Å². The Morgan fingerprint density at radius 3 is 0.885 bits per heavy atom. The normalized spacial score (nSPS) is 13.0. The van der Waals surface area contributed by atoms with E-state index >= 15 is 0 Å². The van der Waals surface area contributed by atoms with Crippen molar-refractivity contribution in [1.29, 1.82) is 0 Å². The maximum Gasteiger partial charge on any atom is 0.430 e. The van der Waals surface area contributed by atoms with Crippen molar-refractivity contribution in [3.05, 3.63) is 0 Å². The number of likely N-dealkylation sites (N-methyl/N-ethyl adjacent to an activating group) is 2. The highest BCUT2D eigenvalue weighted by Crippen LogP contribution is 2.17. The molecular weight excluding hydrogens is 818 g/mol. The van der Waals surface area contributed by atoms with Crippen LogP contribution in [0.2, 0.25) is 0 Å². The zero-order valence-corrected chi connectivity index (χ0v) is 38.0. The second-order valence-corrected chi connectivity index (χ2v) is 16.7. The molecule has 0 saturated carbocycles. The van der Waals surface area contributed by atoms with Crippen molar-refractivity contribution in [2.45, 2.75) is 186 Å². The first-order chi connectivity index (χ1) is 28.5. The first-order valence-electron chi connectivity index (χ1n) is 22.2. The quantitative estimate of drug-likeness (QED) is 0.0312. The maximum absolute atomic E-state index is 12.8. The van der Waals surface area contributed by atoms with Crippen LogP contribution in [0.4, 0.5) is 26.3 Å². The summed E-state index contributed by atoms with van der Waals surface area (Å²) in [6.45, 7) is 6.32. The Balaban J connectivity index is -0.00000203. The van der Waals surface area contributed by atoms with Crippen molar-refractivity contribution in [3.8, 4) is 0 Å². The van der Waals surface area contributed by atoms with Gasteiger partial charge in [0.1, 0.15) is 25.2 Å². The fourth-order valence-electron chi connectivity index (χ4n) is 6.41. The first kappa shape index (κ1) is 62.6. The van der Waals surface area contributed by atoms with E-state index in [-0.39, 0.29) is 25.2 Å². The number of carbonyl (C=O) groups is 4. The van der Waals surface area contributed by atoms with Crippen molar-refractivity contribution in [3.63, 3.8) is 0 Å². The van der Waals surface area contributed by atoms with Gasteiger partial charge in [-0.2, -0.15) is 26.3 Å². The largest absolute Gasteiger partial charge is 0.542 e. The number of quaternary nitrogens is 2. The van der Waals surface area contributed by atoms with Crippen molar-refractivity contribution >= 4 is 23.9 Å². The van der Waals surface area contributed by atoms with E-state index in [0.717, 1.165) is 45.2 Å². The molecule has 0 spiro atoms. The number of aliphatic hydroxyl groups excluding tert-OH is 2. The summed E-state index contributed by atoms with van der Waals surface area (Å²) < 4.78 is 75.0. The number of esters is 2. The lowest BCUT2D eigenvalue weighted by Crippen LogP contribution is -2.55. The highest BCUT2D eigenvalue weighted by Gasteiger charge is 2.36. The second kappa shape index (κ2) is 36.8. The number of hydrogen-bond donors (Lipinski definition) is 2. The molecule has 0 heterocycles. The number of nitrogens with zero attached hydrogens (tertiary/aromatic N) is 2. The van der Waals surface area contributed by atoms with Gasteiger partial charge in [0.2, 0.25) is 12.1 Å². The first-order valence-corrected chi connectivity index (χ1v) is 22.2. The van der Waals surface area contributed by atoms with Crippen LogP contribution in [0.1, 0.15) is 162 Å². The lowest BCUT2D eigenvalue weighted by Gasteiger charge is -2.35. The highest BCUT2D eigenvalue weighted by molar-refractivity contribution is 5.75. The van der Waals surface area contributed by atoms with Gasteiger partial charge in [0.25, 0.3) is 0 Å². The molecule has 0 unspecified atom stereocenters. The third-order valence-electron chi connectivity index (χ3n) is 10.5. The van der Waals surface area contributed by atoms with E-state index in [4.69, 9.17) is 29.3 Å². The monoisotopic (exact) mass is 899 g/mol. The van der Waals surface area contributed by atoms with Crippen LogP contribution < -0.4 is 10.2 Å². The molecule has 0 aliphatic rings. The number of carbonyl (C=O) groups excluding carboxylic acids is 4.